The van der Waals surface area contributed by atoms with Gasteiger partial charge in [0, 0.05) is 25.2 Å². The molecule has 3 atom stereocenters. The maximum Gasteiger partial charge on any atom is 0.263 e. The number of hydroxylamine groups is 1. The third kappa shape index (κ3) is 3.58. The first kappa shape index (κ1) is 16.3. The van der Waals surface area contributed by atoms with Gasteiger partial charge in [0.25, 0.3) is 5.91 Å². The molecule has 2 aliphatic rings. The summed E-state index contributed by atoms with van der Waals surface area (Å²) >= 11 is 0. The molecule has 5 heteroatoms. The van der Waals surface area contributed by atoms with Crippen LogP contribution in [0.25, 0.3) is 0 Å². The van der Waals surface area contributed by atoms with Crippen LogP contribution < -0.4 is 10.8 Å². The molecule has 0 bridgehead atoms. The van der Waals surface area contributed by atoms with Gasteiger partial charge < -0.3 is 5.32 Å². The number of carbonyl (C=O) groups excluding carboxylic acids is 1. The van der Waals surface area contributed by atoms with Gasteiger partial charge >= 0.3 is 0 Å². The summed E-state index contributed by atoms with van der Waals surface area (Å²) in [7, 11) is 0. The minimum absolute atomic E-state index is 0.0754. The highest BCUT2D eigenvalue weighted by molar-refractivity contribution is 5.82. The van der Waals surface area contributed by atoms with Crippen LogP contribution in [0.15, 0.2) is 60.7 Å². The number of amides is 1. The zero-order chi connectivity index (χ0) is 17.1. The van der Waals surface area contributed by atoms with E-state index in [1.165, 1.54) is 11.1 Å². The van der Waals surface area contributed by atoms with Crippen molar-refractivity contribution in [1.82, 2.24) is 15.7 Å². The van der Waals surface area contributed by atoms with E-state index in [0.717, 1.165) is 19.5 Å². The summed E-state index contributed by atoms with van der Waals surface area (Å²) in [4.78, 5) is 19.1. The first-order valence-electron chi connectivity index (χ1n) is 8.81. The second kappa shape index (κ2) is 7.35. The van der Waals surface area contributed by atoms with Crippen molar-refractivity contribution >= 4 is 5.91 Å². The molecule has 0 saturated carbocycles. The van der Waals surface area contributed by atoms with E-state index in [4.69, 9.17) is 4.84 Å². The number of rotatable bonds is 6. The smallest absolute Gasteiger partial charge is 0.263 e. The summed E-state index contributed by atoms with van der Waals surface area (Å²) in [6.07, 6.45) is 1.10. The van der Waals surface area contributed by atoms with Crippen LogP contribution in [0.2, 0.25) is 0 Å². The second-order valence-corrected chi connectivity index (χ2v) is 6.71. The van der Waals surface area contributed by atoms with Gasteiger partial charge in [-0.15, -0.1) is 0 Å². The van der Waals surface area contributed by atoms with Crippen molar-refractivity contribution < 1.29 is 9.63 Å². The lowest BCUT2D eigenvalue weighted by molar-refractivity contribution is -0.125. The zero-order valence-corrected chi connectivity index (χ0v) is 14.1. The maximum absolute atomic E-state index is 11.6. The molecular weight excluding hydrogens is 314 g/mol. The summed E-state index contributed by atoms with van der Waals surface area (Å²) in [6, 6.07) is 21.8. The molecule has 25 heavy (non-hydrogen) atoms. The lowest BCUT2D eigenvalue weighted by Crippen LogP contribution is -2.56. The predicted molar refractivity (Wildman–Crippen MR) is 95.5 cm³/mol. The zero-order valence-electron chi connectivity index (χ0n) is 14.1. The topological polar surface area (TPSA) is 53.6 Å². The van der Waals surface area contributed by atoms with E-state index >= 15 is 0 Å². The summed E-state index contributed by atoms with van der Waals surface area (Å²) < 4.78 is 0. The monoisotopic (exact) mass is 337 g/mol. The molecule has 3 unspecified atom stereocenters. The average molecular weight is 337 g/mol. The number of nitrogens with zero attached hydrogens (tertiary/aromatic N) is 1. The summed E-state index contributed by atoms with van der Waals surface area (Å²) in [5.74, 6) is -0.0754. The number of nitrogens with one attached hydrogen (secondary N) is 2. The molecule has 0 radical (unpaired) electrons. The normalized spacial score (nSPS) is 26.2. The Morgan fingerprint density at radius 2 is 1.80 bits per heavy atom. The van der Waals surface area contributed by atoms with Crippen LogP contribution in [-0.4, -0.2) is 36.0 Å². The molecule has 4 rings (SSSR count). The largest absolute Gasteiger partial charge is 0.302 e. The van der Waals surface area contributed by atoms with E-state index in [1.54, 1.807) is 0 Å². The van der Waals surface area contributed by atoms with E-state index in [-0.39, 0.29) is 11.9 Å². The van der Waals surface area contributed by atoms with E-state index in [1.807, 2.05) is 6.07 Å². The Morgan fingerprint density at radius 1 is 1.08 bits per heavy atom. The molecule has 0 spiro atoms. The van der Waals surface area contributed by atoms with Crippen LogP contribution in [0, 0.1) is 0 Å². The Balaban J connectivity index is 1.44. The molecule has 2 saturated heterocycles. The number of likely N-dealkylation sites (tertiary alicyclic amines) is 1. The quantitative estimate of drug-likeness (QED) is 0.847. The Hall–Kier alpha value is -2.21. The molecule has 1 amide bonds. The van der Waals surface area contributed by atoms with Gasteiger partial charge in [0.2, 0.25) is 0 Å². The SMILES string of the molecule is O=C1NOCC1NCC1CC(c2ccccc2)N1Cc1ccccc1. The predicted octanol–water partition coefficient (Wildman–Crippen LogP) is 2.02. The molecule has 2 aliphatic heterocycles. The van der Waals surface area contributed by atoms with Crippen LogP contribution in [-0.2, 0) is 16.2 Å². The lowest BCUT2D eigenvalue weighted by atomic mass is 9.86. The van der Waals surface area contributed by atoms with Gasteiger partial charge in [-0.05, 0) is 17.5 Å². The van der Waals surface area contributed by atoms with E-state index in [2.05, 4.69) is 70.3 Å². The second-order valence-electron chi connectivity index (χ2n) is 6.71. The molecular formula is C20H23N3O2. The summed E-state index contributed by atoms with van der Waals surface area (Å²) in [5.41, 5.74) is 5.07. The highest BCUT2D eigenvalue weighted by atomic mass is 16.7. The molecule has 2 aromatic rings. The third-order valence-electron chi connectivity index (χ3n) is 5.10. The fourth-order valence-corrected chi connectivity index (χ4v) is 3.65. The van der Waals surface area contributed by atoms with E-state index in [0.29, 0.717) is 18.7 Å². The Kier molecular flexibility index (Phi) is 4.78. The van der Waals surface area contributed by atoms with Crippen molar-refractivity contribution in [2.24, 2.45) is 0 Å². The van der Waals surface area contributed by atoms with Gasteiger partial charge in [0.05, 0.1) is 6.61 Å². The van der Waals surface area contributed by atoms with Crippen molar-refractivity contribution in [3.63, 3.8) is 0 Å². The van der Waals surface area contributed by atoms with Gasteiger partial charge in [-0.2, -0.15) is 0 Å². The Bertz CT molecular complexity index is 707. The number of hydrogen-bond donors (Lipinski definition) is 2. The molecule has 2 fully saturated rings. The van der Waals surface area contributed by atoms with E-state index in [9.17, 15) is 4.79 Å². The first-order valence-corrected chi connectivity index (χ1v) is 8.81. The molecule has 0 aromatic heterocycles. The molecule has 2 heterocycles. The van der Waals surface area contributed by atoms with Crippen molar-refractivity contribution in [2.75, 3.05) is 13.2 Å². The van der Waals surface area contributed by atoms with Crippen molar-refractivity contribution in [3.05, 3.63) is 71.8 Å². The van der Waals surface area contributed by atoms with Gasteiger partial charge in [0.1, 0.15) is 6.04 Å². The van der Waals surface area contributed by atoms with Crippen LogP contribution in [0.5, 0.6) is 0 Å². The molecule has 2 N–H and O–H groups in total. The maximum atomic E-state index is 11.6. The third-order valence-corrected chi connectivity index (χ3v) is 5.10. The highest BCUT2D eigenvalue weighted by Crippen LogP contribution is 2.39. The summed E-state index contributed by atoms with van der Waals surface area (Å²) in [5, 5.41) is 3.34. The van der Waals surface area contributed by atoms with Crippen LogP contribution in [0.4, 0.5) is 0 Å². The van der Waals surface area contributed by atoms with Crippen molar-refractivity contribution in [3.8, 4) is 0 Å². The van der Waals surface area contributed by atoms with Gasteiger partial charge in [-0.3, -0.25) is 14.5 Å². The lowest BCUT2D eigenvalue weighted by Gasteiger charge is -2.49. The fourth-order valence-electron chi connectivity index (χ4n) is 3.65. The minimum Gasteiger partial charge on any atom is -0.302 e. The Morgan fingerprint density at radius 3 is 2.48 bits per heavy atom. The molecule has 5 nitrogen and oxygen atoms in total. The highest BCUT2D eigenvalue weighted by Gasteiger charge is 2.39. The fraction of sp³-hybridized carbons (Fsp3) is 0.350. The van der Waals surface area contributed by atoms with Gasteiger partial charge in [-0.1, -0.05) is 60.7 Å². The summed E-state index contributed by atoms with van der Waals surface area (Å²) in [6.45, 7) is 2.10. The molecule has 0 aliphatic carbocycles. The molecule has 2 aromatic carbocycles. The first-order chi connectivity index (χ1) is 12.3. The number of benzene rings is 2. The standard InChI is InChI=1S/C20H23N3O2/c24-20-18(14-25-22-20)21-12-17-11-19(16-9-5-2-6-10-16)23(17)13-15-7-3-1-4-8-15/h1-10,17-19,21H,11-14H2,(H,22,24). The van der Waals surface area contributed by atoms with Gasteiger partial charge in [-0.25, -0.2) is 5.48 Å². The van der Waals surface area contributed by atoms with Crippen LogP contribution >= 0.6 is 0 Å². The number of carbonyl (C=O) groups is 1. The molecule has 130 valence electrons. The average Bonchev–Trinajstić information content (AvgIpc) is 3.06. The van der Waals surface area contributed by atoms with Crippen molar-refractivity contribution in [1.29, 1.82) is 0 Å². The number of hydrogen-bond acceptors (Lipinski definition) is 4. The van der Waals surface area contributed by atoms with Gasteiger partial charge in [0.15, 0.2) is 0 Å². The Labute approximate surface area is 147 Å². The van der Waals surface area contributed by atoms with Crippen LogP contribution in [0.3, 0.4) is 0 Å². The van der Waals surface area contributed by atoms with Crippen LogP contribution in [0.1, 0.15) is 23.6 Å². The van der Waals surface area contributed by atoms with E-state index < -0.39 is 0 Å². The minimum atomic E-state index is -0.241. The van der Waals surface area contributed by atoms with Crippen molar-refractivity contribution in [2.45, 2.75) is 31.1 Å².